The van der Waals surface area contributed by atoms with Crippen molar-refractivity contribution in [1.82, 2.24) is 0 Å². The predicted octanol–water partition coefficient (Wildman–Crippen LogP) is 1.40. The molecule has 1 aromatic carbocycles. The maximum absolute atomic E-state index is 9.22. The first-order valence-corrected chi connectivity index (χ1v) is 4.89. The van der Waals surface area contributed by atoms with Crippen LogP contribution in [0.3, 0.4) is 0 Å². The summed E-state index contributed by atoms with van der Waals surface area (Å²) in [5, 5.41) is 9.22. The van der Waals surface area contributed by atoms with Crippen LogP contribution in [-0.4, -0.2) is 17.3 Å². The topological polar surface area (TPSA) is 55.5 Å². The van der Waals surface area contributed by atoms with Crippen LogP contribution < -0.4 is 5.73 Å². The Hall–Kier alpha value is -1.06. The van der Waals surface area contributed by atoms with Crippen LogP contribution in [0, 0.1) is 0 Å². The Morgan fingerprint density at radius 1 is 1.43 bits per heavy atom. The van der Waals surface area contributed by atoms with E-state index in [1.165, 1.54) is 0 Å². The van der Waals surface area contributed by atoms with Crippen LogP contribution >= 0.6 is 0 Å². The standard InChI is InChI=1S/C11H15NO2/c12-9-5-11(6-9)14-7-8-2-1-3-10(13)4-8/h1-4,9,11,13H,5-7,12H2. The molecule has 0 saturated heterocycles. The van der Waals surface area contributed by atoms with Gasteiger partial charge in [0, 0.05) is 6.04 Å². The smallest absolute Gasteiger partial charge is 0.115 e. The van der Waals surface area contributed by atoms with Crippen molar-refractivity contribution < 1.29 is 9.84 Å². The van der Waals surface area contributed by atoms with Gasteiger partial charge in [-0.3, -0.25) is 0 Å². The van der Waals surface area contributed by atoms with Crippen molar-refractivity contribution in [3.05, 3.63) is 29.8 Å². The van der Waals surface area contributed by atoms with E-state index in [1.54, 1.807) is 12.1 Å². The van der Waals surface area contributed by atoms with Gasteiger partial charge in [-0.15, -0.1) is 0 Å². The SMILES string of the molecule is NC1CC(OCc2cccc(O)c2)C1. The minimum Gasteiger partial charge on any atom is -0.508 e. The van der Waals surface area contributed by atoms with Crippen molar-refractivity contribution in [2.75, 3.05) is 0 Å². The van der Waals surface area contributed by atoms with E-state index in [9.17, 15) is 5.11 Å². The highest BCUT2D eigenvalue weighted by atomic mass is 16.5. The monoisotopic (exact) mass is 193 g/mol. The van der Waals surface area contributed by atoms with Gasteiger partial charge in [-0.05, 0) is 30.5 Å². The van der Waals surface area contributed by atoms with Gasteiger partial charge in [0.1, 0.15) is 5.75 Å². The highest BCUT2D eigenvalue weighted by Crippen LogP contribution is 2.23. The molecule has 1 saturated carbocycles. The lowest BCUT2D eigenvalue weighted by Crippen LogP contribution is -2.41. The normalized spacial score (nSPS) is 25.8. The fraction of sp³-hybridized carbons (Fsp3) is 0.455. The Morgan fingerprint density at radius 3 is 2.86 bits per heavy atom. The number of aromatic hydroxyl groups is 1. The van der Waals surface area contributed by atoms with E-state index < -0.39 is 0 Å². The molecule has 3 nitrogen and oxygen atoms in total. The van der Waals surface area contributed by atoms with Crippen LogP contribution in [0.5, 0.6) is 5.75 Å². The molecule has 1 fully saturated rings. The van der Waals surface area contributed by atoms with Crippen LogP contribution in [-0.2, 0) is 11.3 Å². The zero-order chi connectivity index (χ0) is 9.97. The summed E-state index contributed by atoms with van der Waals surface area (Å²) in [5.74, 6) is 0.288. The van der Waals surface area contributed by atoms with Gasteiger partial charge in [0.2, 0.25) is 0 Å². The molecule has 0 bridgehead atoms. The first kappa shape index (κ1) is 9.49. The summed E-state index contributed by atoms with van der Waals surface area (Å²) in [4.78, 5) is 0. The summed E-state index contributed by atoms with van der Waals surface area (Å²) >= 11 is 0. The second kappa shape index (κ2) is 3.98. The second-order valence-corrected chi connectivity index (χ2v) is 3.83. The Bertz CT molecular complexity index is 308. The molecule has 0 aliphatic heterocycles. The van der Waals surface area contributed by atoms with Crippen LogP contribution in [0.15, 0.2) is 24.3 Å². The Kier molecular flexibility index (Phi) is 2.70. The van der Waals surface area contributed by atoms with Crippen molar-refractivity contribution in [3.8, 4) is 5.75 Å². The maximum atomic E-state index is 9.22. The number of ether oxygens (including phenoxy) is 1. The number of hydrogen-bond donors (Lipinski definition) is 2. The van der Waals surface area contributed by atoms with E-state index in [2.05, 4.69) is 0 Å². The molecule has 1 aromatic rings. The zero-order valence-electron chi connectivity index (χ0n) is 8.02. The van der Waals surface area contributed by atoms with Gasteiger partial charge >= 0.3 is 0 Å². The molecule has 1 aliphatic rings. The van der Waals surface area contributed by atoms with Crippen molar-refractivity contribution in [1.29, 1.82) is 0 Å². The quantitative estimate of drug-likeness (QED) is 0.762. The molecule has 0 spiro atoms. The summed E-state index contributed by atoms with van der Waals surface area (Å²) in [6, 6.07) is 7.46. The number of phenolic OH excluding ortho intramolecular Hbond substituents is 1. The maximum Gasteiger partial charge on any atom is 0.115 e. The first-order valence-electron chi connectivity index (χ1n) is 4.89. The van der Waals surface area contributed by atoms with Crippen molar-refractivity contribution >= 4 is 0 Å². The van der Waals surface area contributed by atoms with Crippen LogP contribution in [0.4, 0.5) is 0 Å². The average molecular weight is 193 g/mol. The zero-order valence-corrected chi connectivity index (χ0v) is 8.02. The highest BCUT2D eigenvalue weighted by molar-refractivity contribution is 5.26. The molecule has 0 heterocycles. The molecule has 0 amide bonds. The summed E-state index contributed by atoms with van der Waals surface area (Å²) in [7, 11) is 0. The lowest BCUT2D eigenvalue weighted by atomic mass is 9.90. The van der Waals surface area contributed by atoms with E-state index in [0.717, 1.165) is 18.4 Å². The summed E-state index contributed by atoms with van der Waals surface area (Å²) < 4.78 is 5.60. The van der Waals surface area contributed by atoms with Gasteiger partial charge in [-0.25, -0.2) is 0 Å². The number of phenols is 1. The lowest BCUT2D eigenvalue weighted by molar-refractivity contribution is -0.0189. The van der Waals surface area contributed by atoms with E-state index in [4.69, 9.17) is 10.5 Å². The molecule has 76 valence electrons. The molecule has 3 N–H and O–H groups in total. The third-order valence-electron chi connectivity index (χ3n) is 2.53. The summed E-state index contributed by atoms with van der Waals surface area (Å²) in [6.45, 7) is 0.561. The van der Waals surface area contributed by atoms with Crippen molar-refractivity contribution in [2.24, 2.45) is 5.73 Å². The number of nitrogens with two attached hydrogens (primary N) is 1. The minimum absolute atomic E-state index is 0.288. The number of hydrogen-bond acceptors (Lipinski definition) is 3. The Morgan fingerprint density at radius 2 is 2.21 bits per heavy atom. The molecular weight excluding hydrogens is 178 g/mol. The van der Waals surface area contributed by atoms with E-state index in [-0.39, 0.29) is 5.75 Å². The summed E-state index contributed by atoms with van der Waals surface area (Å²) in [5.41, 5.74) is 6.65. The molecule has 14 heavy (non-hydrogen) atoms. The Labute approximate surface area is 83.5 Å². The largest absolute Gasteiger partial charge is 0.508 e. The van der Waals surface area contributed by atoms with Gasteiger partial charge < -0.3 is 15.6 Å². The highest BCUT2D eigenvalue weighted by Gasteiger charge is 2.26. The molecule has 0 unspecified atom stereocenters. The van der Waals surface area contributed by atoms with Crippen LogP contribution in [0.2, 0.25) is 0 Å². The third-order valence-corrected chi connectivity index (χ3v) is 2.53. The predicted molar refractivity (Wildman–Crippen MR) is 53.9 cm³/mol. The van der Waals surface area contributed by atoms with Gasteiger partial charge in [-0.1, -0.05) is 12.1 Å². The van der Waals surface area contributed by atoms with Gasteiger partial charge in [0.25, 0.3) is 0 Å². The van der Waals surface area contributed by atoms with Crippen LogP contribution in [0.1, 0.15) is 18.4 Å². The summed E-state index contributed by atoms with van der Waals surface area (Å²) in [6.07, 6.45) is 2.23. The molecule has 3 heteroatoms. The minimum atomic E-state index is 0.288. The molecule has 2 rings (SSSR count). The molecule has 0 aromatic heterocycles. The van der Waals surface area contributed by atoms with Crippen molar-refractivity contribution in [3.63, 3.8) is 0 Å². The number of rotatable bonds is 3. The Balaban J connectivity index is 1.80. The average Bonchev–Trinajstić information content (AvgIpc) is 2.11. The van der Waals surface area contributed by atoms with E-state index in [0.29, 0.717) is 18.8 Å². The van der Waals surface area contributed by atoms with Gasteiger partial charge in [0.15, 0.2) is 0 Å². The molecule has 0 atom stereocenters. The molecule has 1 aliphatic carbocycles. The second-order valence-electron chi connectivity index (χ2n) is 3.83. The fourth-order valence-electron chi connectivity index (χ4n) is 1.60. The lowest BCUT2D eigenvalue weighted by Gasteiger charge is -2.32. The molecular formula is C11H15NO2. The van der Waals surface area contributed by atoms with E-state index in [1.807, 2.05) is 12.1 Å². The molecule has 0 radical (unpaired) electrons. The van der Waals surface area contributed by atoms with E-state index >= 15 is 0 Å². The fourth-order valence-corrected chi connectivity index (χ4v) is 1.60. The van der Waals surface area contributed by atoms with Gasteiger partial charge in [0.05, 0.1) is 12.7 Å². The van der Waals surface area contributed by atoms with Gasteiger partial charge in [-0.2, -0.15) is 0 Å². The number of benzene rings is 1. The first-order chi connectivity index (χ1) is 6.74. The van der Waals surface area contributed by atoms with Crippen LogP contribution in [0.25, 0.3) is 0 Å². The van der Waals surface area contributed by atoms with Crippen molar-refractivity contribution in [2.45, 2.75) is 31.6 Å². The third kappa shape index (κ3) is 2.25.